The van der Waals surface area contributed by atoms with E-state index >= 15 is 0 Å². The van der Waals surface area contributed by atoms with Gasteiger partial charge < -0.3 is 10.9 Å². The van der Waals surface area contributed by atoms with Gasteiger partial charge in [0.1, 0.15) is 5.82 Å². The van der Waals surface area contributed by atoms with E-state index in [1.165, 1.54) is 17.9 Å². The highest BCUT2D eigenvalue weighted by atomic mass is 32.2. The third kappa shape index (κ3) is 2.57. The Hall–Kier alpha value is -1.81. The molecule has 0 unspecified atom stereocenters. The highest BCUT2D eigenvalue weighted by molar-refractivity contribution is 7.90. The Bertz CT molecular complexity index is 489. The second kappa shape index (κ2) is 3.74. The summed E-state index contributed by atoms with van der Waals surface area (Å²) in [5.74, 6) is -0.248. The first-order valence-electron chi connectivity index (χ1n) is 3.65. The summed E-state index contributed by atoms with van der Waals surface area (Å²) in [7, 11) is -2.46. The number of nitrogens with two attached hydrogens (primary N) is 2. The van der Waals surface area contributed by atoms with Crippen molar-refractivity contribution in [3.63, 3.8) is 0 Å². The lowest BCUT2D eigenvalue weighted by Crippen LogP contribution is -2.25. The average Bonchev–Trinajstić information content (AvgIpc) is 2.45. The molecule has 0 saturated heterocycles. The standard InChI is InChI=1S/C5H10N6O3S/c1-11-5(10-15(7,13)14)3(2-8-11)4(6)9-12/h2,10,12H,1H3,(H2,6,9)(H2,7,13,14). The number of aromatic nitrogens is 2. The van der Waals surface area contributed by atoms with Crippen LogP contribution in [0.2, 0.25) is 0 Å². The van der Waals surface area contributed by atoms with E-state index in [2.05, 4.69) is 10.3 Å². The molecule has 1 heterocycles. The minimum atomic E-state index is -3.94. The van der Waals surface area contributed by atoms with E-state index in [1.54, 1.807) is 0 Å². The Morgan fingerprint density at radius 3 is 2.80 bits per heavy atom. The lowest BCUT2D eigenvalue weighted by atomic mass is 10.3. The van der Waals surface area contributed by atoms with Crippen LogP contribution in [0.1, 0.15) is 5.56 Å². The maximum Gasteiger partial charge on any atom is 0.297 e. The quantitative estimate of drug-likeness (QED) is 0.209. The molecule has 0 aliphatic rings. The second-order valence-electron chi connectivity index (χ2n) is 2.66. The summed E-state index contributed by atoms with van der Waals surface area (Å²) in [5.41, 5.74) is 5.43. The van der Waals surface area contributed by atoms with Gasteiger partial charge >= 0.3 is 0 Å². The lowest BCUT2D eigenvalue weighted by molar-refractivity contribution is 0.318. The summed E-state index contributed by atoms with van der Waals surface area (Å²) < 4.78 is 24.8. The van der Waals surface area contributed by atoms with Crippen LogP contribution in [0.3, 0.4) is 0 Å². The number of hydrogen-bond acceptors (Lipinski definition) is 5. The molecule has 0 aromatic carbocycles. The molecule has 0 amide bonds. The zero-order chi connectivity index (χ0) is 11.6. The van der Waals surface area contributed by atoms with Gasteiger partial charge in [-0.05, 0) is 0 Å². The number of hydrogen-bond donors (Lipinski definition) is 4. The molecule has 84 valence electrons. The van der Waals surface area contributed by atoms with Gasteiger partial charge in [-0.3, -0.25) is 9.40 Å². The molecule has 0 aliphatic carbocycles. The van der Waals surface area contributed by atoms with Crippen molar-refractivity contribution in [2.45, 2.75) is 0 Å². The van der Waals surface area contributed by atoms with Gasteiger partial charge in [0.15, 0.2) is 5.84 Å². The predicted molar refractivity (Wildman–Crippen MR) is 52.4 cm³/mol. The summed E-state index contributed by atoms with van der Waals surface area (Å²) in [6, 6.07) is 0. The van der Waals surface area contributed by atoms with Gasteiger partial charge in [0.25, 0.3) is 10.2 Å². The molecule has 6 N–H and O–H groups in total. The fourth-order valence-corrected chi connectivity index (χ4v) is 1.45. The molecule has 9 nitrogen and oxygen atoms in total. The van der Waals surface area contributed by atoms with Crippen LogP contribution in [0.15, 0.2) is 11.4 Å². The number of oxime groups is 1. The van der Waals surface area contributed by atoms with Crippen LogP contribution < -0.4 is 15.6 Å². The van der Waals surface area contributed by atoms with Crippen LogP contribution in [0.25, 0.3) is 0 Å². The molecule has 10 heteroatoms. The third-order valence-electron chi connectivity index (χ3n) is 1.56. The van der Waals surface area contributed by atoms with Crippen molar-refractivity contribution in [2.75, 3.05) is 4.72 Å². The summed E-state index contributed by atoms with van der Waals surface area (Å²) >= 11 is 0. The summed E-state index contributed by atoms with van der Waals surface area (Å²) in [6.45, 7) is 0. The highest BCUT2D eigenvalue weighted by Crippen LogP contribution is 2.13. The zero-order valence-corrected chi connectivity index (χ0v) is 8.56. The van der Waals surface area contributed by atoms with Gasteiger partial charge in [0.2, 0.25) is 0 Å². The van der Waals surface area contributed by atoms with Crippen LogP contribution in [0.5, 0.6) is 0 Å². The molecule has 0 aliphatic heterocycles. The van der Waals surface area contributed by atoms with Gasteiger partial charge in [0.05, 0.1) is 11.8 Å². The highest BCUT2D eigenvalue weighted by Gasteiger charge is 2.15. The Morgan fingerprint density at radius 1 is 1.73 bits per heavy atom. The molecule has 1 rings (SSSR count). The minimum absolute atomic E-state index is 0.0211. The maximum atomic E-state index is 10.8. The topological polar surface area (TPSA) is 149 Å². The van der Waals surface area contributed by atoms with Crippen molar-refractivity contribution in [2.24, 2.45) is 23.1 Å². The van der Waals surface area contributed by atoms with Crippen LogP contribution in [-0.2, 0) is 17.3 Å². The van der Waals surface area contributed by atoms with E-state index in [0.29, 0.717) is 0 Å². The van der Waals surface area contributed by atoms with Crippen molar-refractivity contribution in [1.82, 2.24) is 9.78 Å². The van der Waals surface area contributed by atoms with E-state index in [0.717, 1.165) is 0 Å². The molecule has 0 atom stereocenters. The Morgan fingerprint density at radius 2 is 2.33 bits per heavy atom. The molecule has 15 heavy (non-hydrogen) atoms. The molecule has 0 radical (unpaired) electrons. The van der Waals surface area contributed by atoms with Crippen molar-refractivity contribution in [3.05, 3.63) is 11.8 Å². The number of anilines is 1. The first-order valence-corrected chi connectivity index (χ1v) is 5.20. The van der Waals surface area contributed by atoms with Crippen molar-refractivity contribution < 1.29 is 13.6 Å². The van der Waals surface area contributed by atoms with Crippen LogP contribution in [0, 0.1) is 0 Å². The Balaban J connectivity index is 3.22. The van der Waals surface area contributed by atoms with Crippen LogP contribution in [0.4, 0.5) is 5.82 Å². The minimum Gasteiger partial charge on any atom is -0.409 e. The third-order valence-corrected chi connectivity index (χ3v) is 2.04. The fraction of sp³-hybridized carbons (Fsp3) is 0.200. The molecule has 1 aromatic rings. The summed E-state index contributed by atoms with van der Waals surface area (Å²) in [5, 5.41) is 19.7. The van der Waals surface area contributed by atoms with E-state index < -0.39 is 10.2 Å². The molecule has 0 bridgehead atoms. The van der Waals surface area contributed by atoms with E-state index in [-0.39, 0.29) is 17.2 Å². The van der Waals surface area contributed by atoms with E-state index in [4.69, 9.17) is 16.1 Å². The normalized spacial score (nSPS) is 12.8. The SMILES string of the molecule is Cn1ncc(C(N)=NO)c1NS(N)(=O)=O. The maximum absolute atomic E-state index is 10.8. The van der Waals surface area contributed by atoms with E-state index in [1.807, 2.05) is 4.72 Å². The number of rotatable bonds is 3. The zero-order valence-electron chi connectivity index (χ0n) is 7.75. The lowest BCUT2D eigenvalue weighted by Gasteiger charge is -2.05. The number of nitrogens with zero attached hydrogens (tertiary/aromatic N) is 3. The first-order chi connectivity index (χ1) is 6.85. The molecular formula is C5H10N6O3S. The summed E-state index contributed by atoms with van der Waals surface area (Å²) in [4.78, 5) is 0. The molecular weight excluding hydrogens is 224 g/mol. The van der Waals surface area contributed by atoms with Crippen molar-refractivity contribution in [3.8, 4) is 0 Å². The van der Waals surface area contributed by atoms with Gasteiger partial charge in [0, 0.05) is 7.05 Å². The van der Waals surface area contributed by atoms with Gasteiger partial charge in [-0.2, -0.15) is 13.5 Å². The van der Waals surface area contributed by atoms with Crippen molar-refractivity contribution >= 4 is 21.9 Å². The monoisotopic (exact) mass is 234 g/mol. The first kappa shape index (κ1) is 11.3. The molecule has 0 fully saturated rings. The van der Waals surface area contributed by atoms with Gasteiger partial charge in [-0.15, -0.1) is 0 Å². The molecule has 1 aromatic heterocycles. The van der Waals surface area contributed by atoms with Crippen molar-refractivity contribution in [1.29, 1.82) is 0 Å². The number of amidine groups is 1. The number of aryl methyl sites for hydroxylation is 1. The average molecular weight is 234 g/mol. The van der Waals surface area contributed by atoms with Gasteiger partial charge in [-0.25, -0.2) is 5.14 Å². The van der Waals surface area contributed by atoms with Crippen LogP contribution in [-0.4, -0.2) is 29.2 Å². The Kier molecular flexibility index (Phi) is 2.81. The Labute approximate surface area is 85.5 Å². The number of nitrogens with one attached hydrogen (secondary N) is 1. The predicted octanol–water partition coefficient (Wildman–Crippen LogP) is -1.87. The van der Waals surface area contributed by atoms with E-state index in [9.17, 15) is 8.42 Å². The van der Waals surface area contributed by atoms with Crippen LogP contribution >= 0.6 is 0 Å². The fourth-order valence-electron chi connectivity index (χ4n) is 0.935. The molecule has 0 spiro atoms. The summed E-state index contributed by atoms with van der Waals surface area (Å²) in [6.07, 6.45) is 1.24. The largest absolute Gasteiger partial charge is 0.409 e. The smallest absolute Gasteiger partial charge is 0.297 e. The molecule has 0 saturated carbocycles. The second-order valence-corrected chi connectivity index (χ2v) is 3.96. The van der Waals surface area contributed by atoms with Gasteiger partial charge in [-0.1, -0.05) is 5.16 Å².